The van der Waals surface area contributed by atoms with Gasteiger partial charge in [0, 0.05) is 5.30 Å². The predicted octanol–water partition coefficient (Wildman–Crippen LogP) is 11.4. The van der Waals surface area contributed by atoms with Gasteiger partial charge in [-0.15, -0.1) is 0 Å². The fourth-order valence-electron chi connectivity index (χ4n) is 5.64. The van der Waals surface area contributed by atoms with Crippen LogP contribution in [0.1, 0.15) is 164 Å². The molecule has 0 N–H and O–H groups in total. The Kier molecular flexibility index (Phi) is 9.17. The Hall–Kier alpha value is -0.960. The molecule has 0 bridgehead atoms. The first kappa shape index (κ1) is 34.5. The van der Waals surface area contributed by atoms with Gasteiger partial charge in [0.15, 0.2) is 0 Å². The van der Waals surface area contributed by atoms with Crippen LogP contribution in [0.3, 0.4) is 0 Å². The van der Waals surface area contributed by atoms with E-state index in [1.54, 1.807) is 37.9 Å². The molecule has 41 heavy (non-hydrogen) atoms. The molecule has 1 atom stereocenters. The van der Waals surface area contributed by atoms with Crippen molar-refractivity contribution in [3.8, 4) is 0 Å². The second-order valence-electron chi connectivity index (χ2n) is 18.8. The number of hydrogen-bond acceptors (Lipinski definition) is 0. The zero-order valence-corrected chi connectivity index (χ0v) is 31.9. The Bertz CT molecular complexity index is 1240. The van der Waals surface area contributed by atoms with Crippen molar-refractivity contribution in [2.24, 2.45) is 0 Å². The maximum absolute atomic E-state index is 2.58. The summed E-state index contributed by atoms with van der Waals surface area (Å²) >= 11 is 0. The van der Waals surface area contributed by atoms with Gasteiger partial charge in [0.05, 0.1) is 0 Å². The van der Waals surface area contributed by atoms with E-state index in [0.717, 1.165) is 0 Å². The Balaban J connectivity index is 2.39. The van der Waals surface area contributed by atoms with Gasteiger partial charge in [-0.25, -0.2) is 0 Å². The Labute approximate surface area is 258 Å². The fourth-order valence-corrected chi connectivity index (χ4v) is 11.2. The van der Waals surface area contributed by atoms with Crippen LogP contribution >= 0.6 is 16.1 Å². The molecule has 228 valence electrons. The molecule has 1 saturated heterocycles. The minimum absolute atomic E-state index is 0.0954. The first-order chi connectivity index (χ1) is 18.1. The molecule has 1 aliphatic heterocycles. The van der Waals surface area contributed by atoms with Crippen LogP contribution in [-0.4, -0.2) is 11.2 Å². The van der Waals surface area contributed by atoms with Gasteiger partial charge in [-0.3, -0.25) is 0 Å². The third-order valence-electron chi connectivity index (χ3n) is 8.57. The summed E-state index contributed by atoms with van der Waals surface area (Å²) in [7, 11) is 1.15. The smallest absolute Gasteiger partial charge is 0.00958 e. The summed E-state index contributed by atoms with van der Waals surface area (Å²) in [4.78, 5) is 0. The van der Waals surface area contributed by atoms with Crippen molar-refractivity contribution in [2.75, 3.05) is 6.16 Å². The highest BCUT2D eigenvalue weighted by atomic mass is 31.1. The molecule has 0 amide bonds. The minimum atomic E-state index is -0.321. The van der Waals surface area contributed by atoms with Crippen molar-refractivity contribution in [3.63, 3.8) is 0 Å². The van der Waals surface area contributed by atoms with Crippen LogP contribution in [0.15, 0.2) is 24.3 Å². The Morgan fingerprint density at radius 1 is 0.463 bits per heavy atom. The van der Waals surface area contributed by atoms with E-state index in [9.17, 15) is 0 Å². The lowest BCUT2D eigenvalue weighted by atomic mass is 9.75. The molecule has 0 saturated carbocycles. The van der Waals surface area contributed by atoms with E-state index in [4.69, 9.17) is 0 Å². The topological polar surface area (TPSA) is 0 Å². The zero-order chi connectivity index (χ0) is 31.7. The van der Waals surface area contributed by atoms with Crippen LogP contribution in [0, 0.1) is 0 Å². The van der Waals surface area contributed by atoms with Crippen molar-refractivity contribution in [1.82, 2.24) is 0 Å². The average Bonchev–Trinajstić information content (AvgIpc) is 2.71. The summed E-state index contributed by atoms with van der Waals surface area (Å²) in [5.41, 5.74) is 9.88. The molecule has 2 aromatic carbocycles. The summed E-state index contributed by atoms with van der Waals surface area (Å²) in [5.74, 6) is 0. The summed E-state index contributed by atoms with van der Waals surface area (Å²) in [6.45, 7) is 43.2. The maximum atomic E-state index is 2.58. The Morgan fingerprint density at radius 3 is 1.02 bits per heavy atom. The lowest BCUT2D eigenvalue weighted by Gasteiger charge is -2.41. The van der Waals surface area contributed by atoms with Gasteiger partial charge in [-0.05, 0) is 96.7 Å². The van der Waals surface area contributed by atoms with Gasteiger partial charge in [0.2, 0.25) is 0 Å². The highest BCUT2D eigenvalue weighted by molar-refractivity contribution is 7.93. The van der Waals surface area contributed by atoms with Gasteiger partial charge >= 0.3 is 0 Å². The van der Waals surface area contributed by atoms with Gasteiger partial charge in [-0.2, -0.15) is 0 Å². The van der Waals surface area contributed by atoms with Gasteiger partial charge in [0.25, 0.3) is 0 Å². The largest absolute Gasteiger partial charge is 0.0634 e. The predicted molar refractivity (Wildman–Crippen MR) is 193 cm³/mol. The van der Waals surface area contributed by atoms with E-state index in [0.29, 0.717) is 0 Å². The van der Waals surface area contributed by atoms with Crippen LogP contribution in [0.4, 0.5) is 0 Å². The van der Waals surface area contributed by atoms with Crippen molar-refractivity contribution < 1.29 is 0 Å². The van der Waals surface area contributed by atoms with Crippen LogP contribution in [0.25, 0.3) is 0 Å². The second-order valence-corrected chi connectivity index (χ2v) is 22.6. The van der Waals surface area contributed by atoms with Crippen molar-refractivity contribution in [2.45, 2.75) is 164 Å². The molecule has 0 nitrogen and oxygen atoms in total. The quantitative estimate of drug-likeness (QED) is 0.304. The number of benzene rings is 2. The van der Waals surface area contributed by atoms with Crippen LogP contribution in [-0.2, 0) is 32.5 Å². The number of hydrogen-bond donors (Lipinski definition) is 0. The van der Waals surface area contributed by atoms with Crippen LogP contribution < -0.4 is 10.6 Å². The SMILES string of the molecule is CC(C)(C)c1cc(C(C)(C)C)c(P=C2CCP2c2c(C(C)(C)C)cc(C(C)(C)C)cc2C(C)(C)C)c(C(C)(C)C)c1. The normalized spacial score (nSPS) is 18.6. The zero-order valence-electron chi connectivity index (χ0n) is 30.1. The van der Waals surface area contributed by atoms with E-state index in [-0.39, 0.29) is 40.4 Å². The molecule has 2 aromatic rings. The van der Waals surface area contributed by atoms with Crippen LogP contribution in [0.2, 0.25) is 0 Å². The molecule has 2 heteroatoms. The van der Waals surface area contributed by atoms with Crippen molar-refractivity contribution in [3.05, 3.63) is 57.6 Å². The van der Waals surface area contributed by atoms with Crippen molar-refractivity contribution in [1.29, 1.82) is 0 Å². The molecule has 0 spiro atoms. The number of rotatable bonds is 2. The molecule has 1 fully saturated rings. The third kappa shape index (κ3) is 7.58. The summed E-state index contributed by atoms with van der Waals surface area (Å²) < 4.78 is 0. The maximum Gasteiger partial charge on any atom is 0.00958 e. The molecule has 0 radical (unpaired) electrons. The molecule has 3 rings (SSSR count). The van der Waals surface area contributed by atoms with E-state index in [2.05, 4.69) is 149 Å². The molecular weight excluding hydrogens is 530 g/mol. The second kappa shape index (κ2) is 10.9. The first-order valence-corrected chi connectivity index (χ1v) is 18.3. The van der Waals surface area contributed by atoms with Gasteiger partial charge < -0.3 is 0 Å². The van der Waals surface area contributed by atoms with Crippen LogP contribution in [0.5, 0.6) is 0 Å². The van der Waals surface area contributed by atoms with E-state index < -0.39 is 0 Å². The molecule has 1 aliphatic rings. The highest BCUT2D eigenvalue weighted by Gasteiger charge is 2.38. The van der Waals surface area contributed by atoms with E-state index in [1.165, 1.54) is 31.9 Å². The monoisotopic (exact) mass is 592 g/mol. The lowest BCUT2D eigenvalue weighted by molar-refractivity contribution is 0.553. The molecule has 1 unspecified atom stereocenters. The molecule has 1 heterocycles. The third-order valence-corrected chi connectivity index (χ3v) is 13.3. The average molecular weight is 593 g/mol. The highest BCUT2D eigenvalue weighted by Crippen LogP contribution is 2.55. The lowest BCUT2D eigenvalue weighted by Crippen LogP contribution is -2.36. The molecular formula is C39H62P2. The van der Waals surface area contributed by atoms with E-state index >= 15 is 0 Å². The van der Waals surface area contributed by atoms with Crippen molar-refractivity contribution >= 4 is 31.8 Å². The fraction of sp³-hybridized carbons (Fsp3) is 0.667. The summed E-state index contributed by atoms with van der Waals surface area (Å²) in [6.07, 6.45) is 2.59. The summed E-state index contributed by atoms with van der Waals surface area (Å²) in [6, 6.07) is 10.3. The standard InChI is InChI=1S/C39H62P2/c1-34(2,3)25-21-27(36(7,8)9)32(28(22-25)37(10,11)12)40-31-19-20-41(31)33-29(38(13,14)15)23-26(35(4,5)6)24-30(33)39(16,17)18/h21-24H,19-20H2,1-18H3. The Morgan fingerprint density at radius 2 is 0.780 bits per heavy atom. The minimum Gasteiger partial charge on any atom is -0.0634 e. The van der Waals surface area contributed by atoms with Gasteiger partial charge in [-0.1, -0.05) is 157 Å². The molecule has 0 aromatic heterocycles. The first-order valence-electron chi connectivity index (χ1n) is 15.9. The molecule has 0 aliphatic carbocycles. The summed E-state index contributed by atoms with van der Waals surface area (Å²) in [5, 5.41) is 5.06. The van der Waals surface area contributed by atoms with Gasteiger partial charge in [0.1, 0.15) is 0 Å². The van der Waals surface area contributed by atoms with E-state index in [1.807, 2.05) is 0 Å².